The Morgan fingerprint density at radius 3 is 2.56 bits per heavy atom. The Morgan fingerprint density at radius 1 is 1.12 bits per heavy atom. The molecular weight excluding hydrogens is 572 g/mol. The summed E-state index contributed by atoms with van der Waals surface area (Å²) < 4.78 is 66.7. The molecule has 4 heterocycles. The molecule has 2 aliphatic heterocycles. The fourth-order valence-electron chi connectivity index (χ4n) is 5.03. The predicted octanol–water partition coefficient (Wildman–Crippen LogP) is 4.79. The number of carbonyl (C=O) groups excluding carboxylic acids is 2. The maximum absolute atomic E-state index is 14.4. The second-order valence-corrected chi connectivity index (χ2v) is 10.9. The molecule has 3 aromatic rings. The normalized spacial score (nSPS) is 18.5. The van der Waals surface area contributed by atoms with Crippen LogP contribution in [0.2, 0.25) is 0 Å². The molecule has 2 aliphatic rings. The summed E-state index contributed by atoms with van der Waals surface area (Å²) in [5, 5.41) is 13.6. The van der Waals surface area contributed by atoms with E-state index in [4.69, 9.17) is 9.47 Å². The van der Waals surface area contributed by atoms with E-state index in [-0.39, 0.29) is 54.5 Å². The second kappa shape index (κ2) is 11.3. The van der Waals surface area contributed by atoms with E-state index in [1.807, 2.05) is 0 Å². The number of pyridine rings is 1. The number of unbranched alkanes of at least 4 members (excludes halogenated alkanes) is 1. The Morgan fingerprint density at radius 2 is 1.88 bits per heavy atom. The number of halogens is 4. The summed E-state index contributed by atoms with van der Waals surface area (Å²) >= 11 is 0. The van der Waals surface area contributed by atoms with Crippen LogP contribution in [-0.2, 0) is 15.8 Å². The summed E-state index contributed by atoms with van der Waals surface area (Å²) in [6.07, 6.45) is -3.59. The highest BCUT2D eigenvalue weighted by atomic mass is 19.4. The number of carbonyl (C=O) groups is 2. The minimum absolute atomic E-state index is 0.0149. The van der Waals surface area contributed by atoms with Crippen molar-refractivity contribution in [1.82, 2.24) is 20.0 Å². The van der Waals surface area contributed by atoms with Crippen LogP contribution in [-0.4, -0.2) is 58.1 Å². The highest BCUT2D eigenvalue weighted by Gasteiger charge is 2.39. The van der Waals surface area contributed by atoms with E-state index in [1.165, 1.54) is 36.4 Å². The first-order valence-corrected chi connectivity index (χ1v) is 13.7. The monoisotopic (exact) mass is 602 g/mol. The molecule has 43 heavy (non-hydrogen) atoms. The number of alkyl halides is 3. The van der Waals surface area contributed by atoms with Gasteiger partial charge in [-0.1, -0.05) is 6.92 Å². The van der Waals surface area contributed by atoms with Gasteiger partial charge in [-0.05, 0) is 57.0 Å². The molecule has 1 aromatic carbocycles. The number of hydrogen-bond donors (Lipinski definition) is 1. The van der Waals surface area contributed by atoms with Crippen molar-refractivity contribution >= 4 is 28.8 Å². The molecule has 10 nitrogen and oxygen atoms in total. The van der Waals surface area contributed by atoms with Crippen LogP contribution in [0.1, 0.15) is 56.9 Å². The number of fused-ring (bicyclic) bond motifs is 1. The van der Waals surface area contributed by atoms with Crippen LogP contribution in [0.5, 0.6) is 11.6 Å². The molecule has 0 saturated heterocycles. The van der Waals surface area contributed by atoms with E-state index >= 15 is 0 Å². The number of ether oxygens (including phenoxy) is 2. The van der Waals surface area contributed by atoms with Crippen molar-refractivity contribution in [2.24, 2.45) is 21.5 Å². The number of methoxy groups -OCH3 is 1. The molecule has 0 radical (unpaired) electrons. The van der Waals surface area contributed by atoms with Crippen LogP contribution >= 0.6 is 0 Å². The first-order valence-electron chi connectivity index (χ1n) is 13.7. The van der Waals surface area contributed by atoms with Gasteiger partial charge in [-0.2, -0.15) is 33.0 Å². The average Bonchev–Trinajstić information content (AvgIpc) is 3.52. The summed E-state index contributed by atoms with van der Waals surface area (Å²) in [7, 11) is 1.34. The molecule has 0 saturated carbocycles. The molecular formula is C29H30F4N6O4. The zero-order valence-corrected chi connectivity index (χ0v) is 24.0. The average molecular weight is 603 g/mol. The van der Waals surface area contributed by atoms with E-state index < -0.39 is 23.1 Å². The summed E-state index contributed by atoms with van der Waals surface area (Å²) in [5.74, 6) is -1.24. The van der Waals surface area contributed by atoms with E-state index in [1.54, 1.807) is 26.8 Å². The van der Waals surface area contributed by atoms with Crippen LogP contribution in [0.3, 0.4) is 0 Å². The van der Waals surface area contributed by atoms with Gasteiger partial charge in [0.05, 0.1) is 36.1 Å². The van der Waals surface area contributed by atoms with Crippen LogP contribution in [0, 0.1) is 17.2 Å². The van der Waals surface area contributed by atoms with Crippen molar-refractivity contribution in [2.45, 2.75) is 46.2 Å². The molecule has 0 fully saturated rings. The van der Waals surface area contributed by atoms with Crippen molar-refractivity contribution in [2.75, 3.05) is 20.3 Å². The van der Waals surface area contributed by atoms with E-state index in [9.17, 15) is 27.2 Å². The number of nitrogens with one attached hydrogen (secondary N) is 1. The number of amides is 2. The molecule has 0 bridgehead atoms. The fourth-order valence-corrected chi connectivity index (χ4v) is 5.03. The smallest absolute Gasteiger partial charge is 0.435 e. The predicted molar refractivity (Wildman–Crippen MR) is 148 cm³/mol. The third kappa shape index (κ3) is 5.77. The van der Waals surface area contributed by atoms with Crippen molar-refractivity contribution in [3.05, 3.63) is 59.0 Å². The zero-order chi connectivity index (χ0) is 31.1. The number of aromatic nitrogens is 2. The Balaban J connectivity index is 1.27. The molecule has 2 amide bonds. The van der Waals surface area contributed by atoms with Gasteiger partial charge in [-0.15, -0.1) is 0 Å². The summed E-state index contributed by atoms with van der Waals surface area (Å²) in [5.41, 5.74) is 2.58. The highest BCUT2D eigenvalue weighted by molar-refractivity contribution is 6.19. The van der Waals surface area contributed by atoms with Gasteiger partial charge in [-0.3, -0.25) is 9.59 Å². The van der Waals surface area contributed by atoms with Gasteiger partial charge in [0.1, 0.15) is 0 Å². The molecule has 0 aliphatic carbocycles. The van der Waals surface area contributed by atoms with Crippen LogP contribution in [0.4, 0.5) is 17.6 Å². The molecule has 0 spiro atoms. The number of hydrazone groups is 2. The number of rotatable bonds is 9. The van der Waals surface area contributed by atoms with E-state index in [0.717, 1.165) is 10.6 Å². The molecule has 1 N–H and O–H groups in total. The summed E-state index contributed by atoms with van der Waals surface area (Å²) in [6.45, 7) is 5.62. The lowest BCUT2D eigenvalue weighted by Crippen LogP contribution is -2.37. The SMILES string of the molecule is COc1ccc(C2=NN(CCCCOc3cc(C4=NNC(=O)C4(C)C)ccc3F)C(=O)CC2C)c2cc(C(F)(F)F)nn12. The molecule has 1 atom stereocenters. The van der Waals surface area contributed by atoms with E-state index in [2.05, 4.69) is 20.7 Å². The lowest BCUT2D eigenvalue weighted by Gasteiger charge is -2.28. The largest absolute Gasteiger partial charge is 0.490 e. The molecule has 1 unspecified atom stereocenters. The minimum atomic E-state index is -4.65. The molecule has 14 heteroatoms. The fraction of sp³-hybridized carbons (Fsp3) is 0.414. The number of nitrogens with zero attached hydrogens (tertiary/aromatic N) is 5. The highest BCUT2D eigenvalue weighted by Crippen LogP contribution is 2.33. The van der Waals surface area contributed by atoms with E-state index in [0.29, 0.717) is 35.4 Å². The third-order valence-corrected chi connectivity index (χ3v) is 7.48. The Labute approximate surface area is 244 Å². The third-order valence-electron chi connectivity index (χ3n) is 7.48. The van der Waals surface area contributed by atoms with Gasteiger partial charge < -0.3 is 9.47 Å². The number of benzene rings is 1. The lowest BCUT2D eigenvalue weighted by atomic mass is 9.84. The minimum Gasteiger partial charge on any atom is -0.490 e. The quantitative estimate of drug-likeness (QED) is 0.280. The standard InChI is InChI=1S/C29H30F4N6O4/c1-16-13-23(40)38(37-25(16)18-8-10-24(42-4)39-20(18)15-22(36-39)29(31,32)33)11-5-6-12-43-21-14-17(7-9-19(21)30)26-28(2,3)27(41)35-34-26/h7-10,14-16H,5-6,11-13H2,1-4H3,(H,35,41). The molecule has 2 aromatic heterocycles. The van der Waals surface area contributed by atoms with Crippen molar-refractivity contribution in [3.8, 4) is 11.6 Å². The maximum atomic E-state index is 14.4. The topological polar surface area (TPSA) is 110 Å². The molecule has 228 valence electrons. The number of hydrogen-bond acceptors (Lipinski definition) is 7. The first kappa shape index (κ1) is 30.0. The van der Waals surface area contributed by atoms with Gasteiger partial charge in [-0.25, -0.2) is 14.8 Å². The van der Waals surface area contributed by atoms with Crippen molar-refractivity contribution < 1.29 is 36.6 Å². The van der Waals surface area contributed by atoms with Gasteiger partial charge in [0.2, 0.25) is 11.8 Å². The van der Waals surface area contributed by atoms with Crippen molar-refractivity contribution in [3.63, 3.8) is 0 Å². The Kier molecular flexibility index (Phi) is 7.88. The van der Waals surface area contributed by atoms with Crippen LogP contribution < -0.4 is 14.9 Å². The van der Waals surface area contributed by atoms with Crippen LogP contribution in [0.15, 0.2) is 46.6 Å². The van der Waals surface area contributed by atoms with Gasteiger partial charge in [0.15, 0.2) is 17.3 Å². The van der Waals surface area contributed by atoms with Gasteiger partial charge in [0, 0.05) is 36.1 Å². The Hall–Kier alpha value is -4.49. The first-order chi connectivity index (χ1) is 20.3. The van der Waals surface area contributed by atoms with Gasteiger partial charge in [0.25, 0.3) is 5.91 Å². The van der Waals surface area contributed by atoms with Crippen LogP contribution in [0.25, 0.3) is 5.52 Å². The second-order valence-electron chi connectivity index (χ2n) is 10.9. The lowest BCUT2D eigenvalue weighted by molar-refractivity contribution is -0.141. The summed E-state index contributed by atoms with van der Waals surface area (Å²) in [6, 6.07) is 8.34. The summed E-state index contributed by atoms with van der Waals surface area (Å²) in [4.78, 5) is 24.8. The molecule has 5 rings (SSSR count). The Bertz CT molecular complexity index is 1650. The van der Waals surface area contributed by atoms with Gasteiger partial charge >= 0.3 is 6.18 Å². The van der Waals surface area contributed by atoms with Crippen molar-refractivity contribution in [1.29, 1.82) is 0 Å². The maximum Gasteiger partial charge on any atom is 0.435 e. The zero-order valence-electron chi connectivity index (χ0n) is 24.0.